The number of benzene rings is 3. The van der Waals surface area contributed by atoms with Crippen LogP contribution in [0, 0.1) is 0 Å². The Labute approximate surface area is 262 Å². The van der Waals surface area contributed by atoms with Gasteiger partial charge < -0.3 is 4.79 Å². The number of aldehydes is 1. The third kappa shape index (κ3) is 16.9. The van der Waals surface area contributed by atoms with Gasteiger partial charge in [-0.3, -0.25) is 4.79 Å². The number of hydrogen-bond donors (Lipinski definition) is 1. The van der Waals surface area contributed by atoms with Crippen LogP contribution in [-0.2, 0) is 28.1 Å². The van der Waals surface area contributed by atoms with Crippen molar-refractivity contribution in [1.29, 1.82) is 0 Å². The summed E-state index contributed by atoms with van der Waals surface area (Å²) >= 11 is 6.37. The molecule has 0 aliphatic rings. The molecule has 2 nitrogen and oxygen atoms in total. The molecule has 0 saturated heterocycles. The van der Waals surface area contributed by atoms with Gasteiger partial charge in [-0.2, -0.15) is 39.5 Å². The van der Waals surface area contributed by atoms with Gasteiger partial charge in [0.2, 0.25) is 0 Å². The first-order valence-electron chi connectivity index (χ1n) is 12.5. The monoisotopic (exact) mass is 686 g/mol. The zero-order chi connectivity index (χ0) is 33.4. The maximum Gasteiger partial charge on any atom is 0.416 e. The van der Waals surface area contributed by atoms with Crippen LogP contribution in [-0.4, -0.2) is 23.6 Å². The molecule has 0 atom stereocenters. The molecule has 0 heterocycles. The van der Waals surface area contributed by atoms with Crippen LogP contribution in [0.15, 0.2) is 99.6 Å². The van der Waals surface area contributed by atoms with Crippen LogP contribution in [0.2, 0.25) is 0 Å². The molecule has 0 aliphatic carbocycles. The van der Waals surface area contributed by atoms with E-state index in [1.807, 2.05) is 0 Å². The summed E-state index contributed by atoms with van der Waals surface area (Å²) in [5, 5.41) is 0. The van der Waals surface area contributed by atoms with E-state index >= 15 is 0 Å². The average molecular weight is 687 g/mol. The van der Waals surface area contributed by atoms with Gasteiger partial charge >= 0.3 is 18.5 Å². The van der Waals surface area contributed by atoms with E-state index in [4.69, 9.17) is 0 Å². The first-order chi connectivity index (χ1) is 20.4. The second-order valence-corrected chi connectivity index (χ2v) is 11.4. The van der Waals surface area contributed by atoms with E-state index in [1.165, 1.54) is 60.8 Å². The molecule has 0 unspecified atom stereocenters. The van der Waals surface area contributed by atoms with Gasteiger partial charge in [0, 0.05) is 32.6 Å². The van der Waals surface area contributed by atoms with Crippen LogP contribution >= 0.6 is 36.2 Å². The highest BCUT2D eigenvalue weighted by Gasteiger charge is 2.31. The van der Waals surface area contributed by atoms with E-state index in [0.29, 0.717) is 39.0 Å². The smallest absolute Gasteiger partial charge is 0.303 e. The van der Waals surface area contributed by atoms with Crippen LogP contribution in [0.4, 0.5) is 39.5 Å². The number of allylic oxidation sites excluding steroid dienone is 2. The lowest BCUT2D eigenvalue weighted by Crippen LogP contribution is -2.04. The fraction of sp³-hybridized carbons (Fsp3) is 0.267. The summed E-state index contributed by atoms with van der Waals surface area (Å²) in [7, 11) is 0. The highest BCUT2D eigenvalue weighted by atomic mass is 32.2. The molecule has 3 aromatic rings. The molecule has 0 radical (unpaired) electrons. The highest BCUT2D eigenvalue weighted by Crippen LogP contribution is 2.33. The van der Waals surface area contributed by atoms with Crippen molar-refractivity contribution in [2.24, 2.45) is 0 Å². The molecule has 0 aromatic heterocycles. The molecular weight excluding hydrogens is 660 g/mol. The normalized spacial score (nSPS) is 11.7. The van der Waals surface area contributed by atoms with Gasteiger partial charge in [0.1, 0.15) is 6.29 Å². The fourth-order valence-corrected chi connectivity index (χ4v) is 4.86. The lowest BCUT2D eigenvalue weighted by atomic mass is 10.2. The van der Waals surface area contributed by atoms with Crippen LogP contribution in [0.1, 0.15) is 36.5 Å². The highest BCUT2D eigenvalue weighted by molar-refractivity contribution is 7.99. The first-order valence-corrected chi connectivity index (χ1v) is 14.9. The number of hydrogen-bond acceptors (Lipinski definition) is 5. The predicted molar refractivity (Wildman–Crippen MR) is 158 cm³/mol. The quantitative estimate of drug-likeness (QED) is 0.0607. The van der Waals surface area contributed by atoms with Crippen molar-refractivity contribution in [3.05, 3.63) is 102 Å². The molecule has 0 bridgehead atoms. The van der Waals surface area contributed by atoms with Crippen LogP contribution in [0.25, 0.3) is 0 Å². The number of thiol groups is 1. The summed E-state index contributed by atoms with van der Waals surface area (Å²) in [6.07, 6.45) is -7.93. The lowest BCUT2D eigenvalue weighted by Gasteiger charge is -2.07. The van der Waals surface area contributed by atoms with Gasteiger partial charge in [-0.1, -0.05) is 24.3 Å². The van der Waals surface area contributed by atoms with Crippen LogP contribution in [0.3, 0.4) is 0 Å². The van der Waals surface area contributed by atoms with E-state index in [1.54, 1.807) is 18.2 Å². The summed E-state index contributed by atoms with van der Waals surface area (Å²) in [4.78, 5) is 22.1. The van der Waals surface area contributed by atoms with Gasteiger partial charge in [0.15, 0.2) is 5.78 Å². The number of carbonyl (C=O) groups is 2. The Morgan fingerprint density at radius 3 is 1.45 bits per heavy atom. The van der Waals surface area contributed by atoms with Crippen molar-refractivity contribution >= 4 is 48.2 Å². The van der Waals surface area contributed by atoms with Crippen molar-refractivity contribution in [2.75, 3.05) is 11.5 Å². The number of ketones is 1. The Hall–Kier alpha value is -2.84. The van der Waals surface area contributed by atoms with Gasteiger partial charge in [0.25, 0.3) is 0 Å². The molecule has 14 heteroatoms. The molecule has 44 heavy (non-hydrogen) atoms. The standard InChI is InChI=1S/C13H13F3OS.C10H9F3OS.C7H5F3S/c1-10(17)5-2-3-8-18-12-7-4-6-11(9-12)13(14,15)16;11-10(12,13)8-3-1-4-9(7-8)15-6-2-5-14;8-7(9,10)5-2-1-3-6(11)4-5/h2,4-7,9H,3,8H2,1H3;1,3-5,7H,2,6H2;1-4,11H/b5-2+;;. The number of halogens is 9. The predicted octanol–water partition coefficient (Wildman–Crippen LogP) is 10.7. The van der Waals surface area contributed by atoms with Gasteiger partial charge in [0.05, 0.1) is 16.7 Å². The molecule has 0 saturated carbocycles. The third-order valence-electron chi connectivity index (χ3n) is 4.91. The number of alkyl halides is 9. The Kier molecular flexibility index (Phi) is 16.8. The summed E-state index contributed by atoms with van der Waals surface area (Å²) < 4.78 is 110. The van der Waals surface area contributed by atoms with Crippen molar-refractivity contribution in [1.82, 2.24) is 0 Å². The Balaban J connectivity index is 0.000000339. The summed E-state index contributed by atoms with van der Waals surface area (Å²) in [5.41, 5.74) is -1.95. The van der Waals surface area contributed by atoms with Gasteiger partial charge in [-0.25, -0.2) is 0 Å². The summed E-state index contributed by atoms with van der Waals surface area (Å²) in [5.74, 6) is 1.12. The second-order valence-electron chi connectivity index (χ2n) is 8.55. The summed E-state index contributed by atoms with van der Waals surface area (Å²) in [6.45, 7) is 1.45. The second kappa shape index (κ2) is 18.8. The Bertz CT molecular complexity index is 1350. The van der Waals surface area contributed by atoms with Gasteiger partial charge in [-0.15, -0.1) is 36.2 Å². The van der Waals surface area contributed by atoms with Crippen molar-refractivity contribution in [3.63, 3.8) is 0 Å². The topological polar surface area (TPSA) is 34.1 Å². The van der Waals surface area contributed by atoms with E-state index in [2.05, 4.69) is 12.6 Å². The van der Waals surface area contributed by atoms with Crippen molar-refractivity contribution < 1.29 is 49.1 Å². The Morgan fingerprint density at radius 2 is 1.09 bits per heavy atom. The SMILES string of the molecule is CC(=O)/C=C/CCSc1cccc(C(F)(F)F)c1.FC(F)(F)c1cccc(S)c1.O=CCCSc1cccc(C(F)(F)F)c1. The lowest BCUT2D eigenvalue weighted by molar-refractivity contribution is -0.138. The molecule has 3 rings (SSSR count). The maximum atomic E-state index is 12.4. The first kappa shape index (κ1) is 39.2. The van der Waals surface area contributed by atoms with E-state index < -0.39 is 35.2 Å². The molecule has 0 spiro atoms. The van der Waals surface area contributed by atoms with E-state index in [-0.39, 0.29) is 5.78 Å². The van der Waals surface area contributed by atoms with Gasteiger partial charge in [-0.05, 0) is 74.0 Å². The third-order valence-corrected chi connectivity index (χ3v) is 7.24. The maximum absolute atomic E-state index is 12.4. The minimum Gasteiger partial charge on any atom is -0.303 e. The molecule has 0 fully saturated rings. The van der Waals surface area contributed by atoms with Crippen molar-refractivity contribution in [2.45, 2.75) is 53.0 Å². The molecule has 0 amide bonds. The van der Waals surface area contributed by atoms with Crippen molar-refractivity contribution in [3.8, 4) is 0 Å². The molecule has 0 N–H and O–H groups in total. The minimum absolute atomic E-state index is 0.0286. The van der Waals surface area contributed by atoms with E-state index in [9.17, 15) is 49.1 Å². The van der Waals surface area contributed by atoms with E-state index in [0.717, 1.165) is 42.7 Å². The minimum atomic E-state index is -4.30. The van der Waals surface area contributed by atoms with Crippen LogP contribution < -0.4 is 0 Å². The molecular formula is C30H27F9O2S3. The fourth-order valence-electron chi connectivity index (χ4n) is 2.93. The molecule has 3 aromatic carbocycles. The zero-order valence-corrected chi connectivity index (χ0v) is 25.5. The molecule has 0 aliphatic heterocycles. The summed E-state index contributed by atoms with van der Waals surface area (Å²) in [6, 6.07) is 15.2. The average Bonchev–Trinajstić information content (AvgIpc) is 2.93. The largest absolute Gasteiger partial charge is 0.416 e. The number of rotatable bonds is 9. The zero-order valence-electron chi connectivity index (χ0n) is 23.0. The number of thioether (sulfide) groups is 2. The Morgan fingerprint density at radius 1 is 0.682 bits per heavy atom. The van der Waals surface area contributed by atoms with Crippen LogP contribution in [0.5, 0.6) is 0 Å². The molecule has 240 valence electrons. The number of carbonyl (C=O) groups excluding carboxylic acids is 2.